The van der Waals surface area contributed by atoms with E-state index in [9.17, 15) is 0 Å². The third kappa shape index (κ3) is 3.30. The van der Waals surface area contributed by atoms with E-state index >= 15 is 0 Å². The van der Waals surface area contributed by atoms with Crippen molar-refractivity contribution in [2.24, 2.45) is 0 Å². The van der Waals surface area contributed by atoms with E-state index in [0.29, 0.717) is 0 Å². The second kappa shape index (κ2) is 6.77. The molecule has 0 aliphatic rings. The summed E-state index contributed by atoms with van der Waals surface area (Å²) < 4.78 is 11.3. The number of rotatable bonds is 7. The SMILES string of the molecule is CCCCC(OC)(OC)c1ccc(CC)cc1. The van der Waals surface area contributed by atoms with Crippen LogP contribution >= 0.6 is 0 Å². The van der Waals surface area contributed by atoms with Crippen LogP contribution in [0.5, 0.6) is 0 Å². The van der Waals surface area contributed by atoms with Gasteiger partial charge < -0.3 is 9.47 Å². The van der Waals surface area contributed by atoms with E-state index < -0.39 is 5.79 Å². The lowest BCUT2D eigenvalue weighted by molar-refractivity contribution is -0.220. The van der Waals surface area contributed by atoms with Crippen molar-refractivity contribution in [3.63, 3.8) is 0 Å². The predicted octanol–water partition coefficient (Wildman–Crippen LogP) is 3.88. The van der Waals surface area contributed by atoms with Crippen molar-refractivity contribution in [2.45, 2.75) is 45.3 Å². The van der Waals surface area contributed by atoms with Crippen LogP contribution in [0.2, 0.25) is 0 Å². The molecule has 0 bridgehead atoms. The van der Waals surface area contributed by atoms with E-state index in [0.717, 1.165) is 31.2 Å². The maximum atomic E-state index is 5.63. The van der Waals surface area contributed by atoms with E-state index in [1.807, 2.05) is 0 Å². The highest BCUT2D eigenvalue weighted by atomic mass is 16.7. The zero-order valence-corrected chi connectivity index (χ0v) is 11.5. The summed E-state index contributed by atoms with van der Waals surface area (Å²) >= 11 is 0. The maximum absolute atomic E-state index is 5.63. The maximum Gasteiger partial charge on any atom is 0.194 e. The van der Waals surface area contributed by atoms with E-state index in [1.54, 1.807) is 14.2 Å². The quantitative estimate of drug-likeness (QED) is 0.669. The molecule has 0 unspecified atom stereocenters. The summed E-state index contributed by atoms with van der Waals surface area (Å²) in [7, 11) is 3.43. The Kier molecular flexibility index (Phi) is 5.66. The molecule has 2 nitrogen and oxygen atoms in total. The Bertz CT molecular complexity index is 312. The van der Waals surface area contributed by atoms with Gasteiger partial charge >= 0.3 is 0 Å². The molecular formula is C15H24O2. The van der Waals surface area contributed by atoms with Crippen LogP contribution in [0, 0.1) is 0 Å². The van der Waals surface area contributed by atoms with Crippen LogP contribution in [0.4, 0.5) is 0 Å². The Hall–Kier alpha value is -0.860. The first kappa shape index (κ1) is 14.2. The third-order valence-corrected chi connectivity index (χ3v) is 3.32. The van der Waals surface area contributed by atoms with Crippen molar-refractivity contribution in [1.29, 1.82) is 0 Å². The molecule has 2 heteroatoms. The third-order valence-electron chi connectivity index (χ3n) is 3.32. The predicted molar refractivity (Wildman–Crippen MR) is 71.0 cm³/mol. The molecule has 0 heterocycles. The van der Waals surface area contributed by atoms with Gasteiger partial charge in [-0.05, 0) is 18.4 Å². The monoisotopic (exact) mass is 236 g/mol. The summed E-state index contributed by atoms with van der Waals surface area (Å²) in [6.45, 7) is 4.34. The fourth-order valence-electron chi connectivity index (χ4n) is 2.07. The number of hydrogen-bond donors (Lipinski definition) is 0. The second-order valence-corrected chi connectivity index (χ2v) is 4.32. The lowest BCUT2D eigenvalue weighted by atomic mass is 9.98. The highest BCUT2D eigenvalue weighted by Crippen LogP contribution is 2.31. The highest BCUT2D eigenvalue weighted by molar-refractivity contribution is 5.26. The molecule has 0 fully saturated rings. The summed E-state index contributed by atoms with van der Waals surface area (Å²) in [5.74, 6) is -0.581. The first-order valence-corrected chi connectivity index (χ1v) is 6.42. The molecule has 0 amide bonds. The molecule has 0 saturated heterocycles. The van der Waals surface area contributed by atoms with Crippen molar-refractivity contribution in [3.8, 4) is 0 Å². The first-order chi connectivity index (χ1) is 8.22. The molecule has 0 aliphatic heterocycles. The number of aryl methyl sites for hydroxylation is 1. The smallest absolute Gasteiger partial charge is 0.194 e. The van der Waals surface area contributed by atoms with Gasteiger partial charge in [0.1, 0.15) is 0 Å². The molecule has 96 valence electrons. The van der Waals surface area contributed by atoms with Gasteiger partial charge in [0.05, 0.1) is 0 Å². The van der Waals surface area contributed by atoms with Crippen LogP contribution in [0.15, 0.2) is 24.3 Å². The number of hydrogen-bond acceptors (Lipinski definition) is 2. The van der Waals surface area contributed by atoms with Crippen LogP contribution in [0.25, 0.3) is 0 Å². The highest BCUT2D eigenvalue weighted by Gasteiger charge is 2.31. The summed E-state index contributed by atoms with van der Waals surface area (Å²) in [5, 5.41) is 0. The van der Waals surface area contributed by atoms with Crippen LogP contribution in [0.3, 0.4) is 0 Å². The average molecular weight is 236 g/mol. The number of unbranched alkanes of at least 4 members (excludes halogenated alkanes) is 1. The van der Waals surface area contributed by atoms with Crippen molar-refractivity contribution in [2.75, 3.05) is 14.2 Å². The van der Waals surface area contributed by atoms with Gasteiger partial charge in [-0.25, -0.2) is 0 Å². The van der Waals surface area contributed by atoms with Gasteiger partial charge in [-0.1, -0.05) is 44.5 Å². The molecule has 1 aromatic rings. The van der Waals surface area contributed by atoms with E-state index in [-0.39, 0.29) is 0 Å². The van der Waals surface area contributed by atoms with Crippen molar-refractivity contribution in [1.82, 2.24) is 0 Å². The summed E-state index contributed by atoms with van der Waals surface area (Å²) in [5.41, 5.74) is 2.44. The number of ether oxygens (including phenoxy) is 2. The normalized spacial score (nSPS) is 11.8. The molecule has 0 N–H and O–H groups in total. The van der Waals surface area contributed by atoms with Crippen LogP contribution in [-0.2, 0) is 21.7 Å². The Labute approximate surface area is 105 Å². The van der Waals surface area contributed by atoms with E-state index in [1.165, 1.54) is 5.56 Å². The Morgan fingerprint density at radius 2 is 1.59 bits per heavy atom. The minimum atomic E-state index is -0.581. The Balaban J connectivity index is 2.94. The number of methoxy groups -OCH3 is 2. The molecule has 0 aromatic heterocycles. The average Bonchev–Trinajstić information content (AvgIpc) is 2.41. The molecule has 0 radical (unpaired) electrons. The molecule has 0 aliphatic carbocycles. The van der Waals surface area contributed by atoms with Gasteiger partial charge in [-0.15, -0.1) is 0 Å². The standard InChI is InChI=1S/C15H24O2/c1-5-7-12-15(16-3,17-4)14-10-8-13(6-2)9-11-14/h8-11H,5-7,12H2,1-4H3. The Morgan fingerprint density at radius 1 is 1.00 bits per heavy atom. The molecule has 0 spiro atoms. The fraction of sp³-hybridized carbons (Fsp3) is 0.600. The first-order valence-electron chi connectivity index (χ1n) is 6.42. The van der Waals surface area contributed by atoms with Gasteiger partial charge in [0.25, 0.3) is 0 Å². The Morgan fingerprint density at radius 3 is 2.00 bits per heavy atom. The van der Waals surface area contributed by atoms with Gasteiger partial charge in [0.15, 0.2) is 5.79 Å². The van der Waals surface area contributed by atoms with E-state index in [2.05, 4.69) is 38.1 Å². The molecule has 0 saturated carbocycles. The molecular weight excluding hydrogens is 212 g/mol. The van der Waals surface area contributed by atoms with Crippen molar-refractivity contribution >= 4 is 0 Å². The molecule has 1 aromatic carbocycles. The minimum absolute atomic E-state index is 0.581. The van der Waals surface area contributed by atoms with Gasteiger partial charge in [-0.3, -0.25) is 0 Å². The van der Waals surface area contributed by atoms with E-state index in [4.69, 9.17) is 9.47 Å². The number of benzene rings is 1. The lowest BCUT2D eigenvalue weighted by Gasteiger charge is -2.31. The topological polar surface area (TPSA) is 18.5 Å². The van der Waals surface area contributed by atoms with Crippen molar-refractivity contribution < 1.29 is 9.47 Å². The summed E-state index contributed by atoms with van der Waals surface area (Å²) in [6.07, 6.45) is 4.18. The lowest BCUT2D eigenvalue weighted by Crippen LogP contribution is -2.30. The van der Waals surface area contributed by atoms with Crippen LogP contribution < -0.4 is 0 Å². The summed E-state index contributed by atoms with van der Waals surface area (Å²) in [6, 6.07) is 8.52. The zero-order chi connectivity index (χ0) is 12.7. The molecule has 0 atom stereocenters. The van der Waals surface area contributed by atoms with Crippen LogP contribution in [-0.4, -0.2) is 14.2 Å². The zero-order valence-electron chi connectivity index (χ0n) is 11.5. The fourth-order valence-corrected chi connectivity index (χ4v) is 2.07. The molecule has 1 rings (SSSR count). The van der Waals surface area contributed by atoms with Crippen LogP contribution in [0.1, 0.15) is 44.2 Å². The summed E-state index contributed by atoms with van der Waals surface area (Å²) in [4.78, 5) is 0. The minimum Gasteiger partial charge on any atom is -0.349 e. The van der Waals surface area contributed by atoms with Gasteiger partial charge in [-0.2, -0.15) is 0 Å². The second-order valence-electron chi connectivity index (χ2n) is 4.32. The largest absolute Gasteiger partial charge is 0.349 e. The molecule has 17 heavy (non-hydrogen) atoms. The van der Waals surface area contributed by atoms with Gasteiger partial charge in [0.2, 0.25) is 0 Å². The van der Waals surface area contributed by atoms with Gasteiger partial charge in [0, 0.05) is 26.2 Å². The van der Waals surface area contributed by atoms with Crippen molar-refractivity contribution in [3.05, 3.63) is 35.4 Å².